The first-order valence-corrected chi connectivity index (χ1v) is 10.0. The number of amides is 1. The van der Waals surface area contributed by atoms with Gasteiger partial charge in [-0.05, 0) is 35.9 Å². The van der Waals surface area contributed by atoms with Gasteiger partial charge < -0.3 is 5.32 Å². The molecular weight excluding hydrogens is 449 g/mol. The van der Waals surface area contributed by atoms with Crippen LogP contribution in [0.2, 0.25) is 0 Å². The minimum atomic E-state index is -4.45. The molecule has 0 spiro atoms. The van der Waals surface area contributed by atoms with Crippen molar-refractivity contribution in [3.8, 4) is 0 Å². The van der Waals surface area contributed by atoms with Gasteiger partial charge in [0.15, 0.2) is 0 Å². The number of carbonyl (C=O) groups excluding carboxylic acids is 1. The lowest BCUT2D eigenvalue weighted by Crippen LogP contribution is -2.30. The van der Waals surface area contributed by atoms with Crippen molar-refractivity contribution in [1.29, 1.82) is 0 Å². The zero-order valence-electron chi connectivity index (χ0n) is 13.9. The molecule has 0 fully saturated rings. The van der Waals surface area contributed by atoms with Gasteiger partial charge in [0, 0.05) is 24.0 Å². The number of benzene rings is 2. The second kappa shape index (κ2) is 8.85. The zero-order valence-corrected chi connectivity index (χ0v) is 16.3. The number of nitrogens with one attached hydrogen (secondary N) is 2. The molecule has 2 aromatic rings. The van der Waals surface area contributed by atoms with E-state index in [1.54, 1.807) is 12.1 Å². The second-order valence-electron chi connectivity index (χ2n) is 5.58. The summed E-state index contributed by atoms with van der Waals surface area (Å²) in [4.78, 5) is 11.9. The average molecular weight is 465 g/mol. The summed E-state index contributed by atoms with van der Waals surface area (Å²) in [5.74, 6) is -0.482. The fourth-order valence-electron chi connectivity index (χ4n) is 2.16. The first kappa shape index (κ1) is 21.4. The third-order valence-electron chi connectivity index (χ3n) is 3.49. The Balaban J connectivity index is 1.83. The van der Waals surface area contributed by atoms with Crippen LogP contribution >= 0.6 is 15.9 Å². The van der Waals surface area contributed by atoms with Crippen molar-refractivity contribution >= 4 is 31.9 Å². The molecule has 0 aliphatic rings. The maximum absolute atomic E-state index is 12.7. The number of hydrogen-bond acceptors (Lipinski definition) is 3. The third-order valence-corrected chi connectivity index (χ3v) is 5.45. The molecule has 5 nitrogen and oxygen atoms in total. The molecule has 2 N–H and O–H groups in total. The van der Waals surface area contributed by atoms with Crippen LogP contribution in [0.4, 0.5) is 13.2 Å². The molecule has 0 radical (unpaired) electrons. The van der Waals surface area contributed by atoms with E-state index in [1.807, 2.05) is 0 Å². The third kappa shape index (κ3) is 6.64. The van der Waals surface area contributed by atoms with Gasteiger partial charge >= 0.3 is 6.18 Å². The summed E-state index contributed by atoms with van der Waals surface area (Å²) in [5.41, 5.74) is -0.496. The normalized spacial score (nSPS) is 12.0. The Morgan fingerprint density at radius 2 is 1.78 bits per heavy atom. The van der Waals surface area contributed by atoms with E-state index >= 15 is 0 Å². The van der Waals surface area contributed by atoms with Gasteiger partial charge in [-0.15, -0.1) is 0 Å². The lowest BCUT2D eigenvalue weighted by atomic mass is 10.1. The summed E-state index contributed by atoms with van der Waals surface area (Å²) in [5, 5.41) is 2.46. The van der Waals surface area contributed by atoms with Gasteiger partial charge in [-0.3, -0.25) is 4.79 Å². The average Bonchev–Trinajstić information content (AvgIpc) is 2.59. The highest BCUT2D eigenvalue weighted by atomic mass is 79.9. The largest absolute Gasteiger partial charge is 0.416 e. The molecule has 0 aliphatic carbocycles. The van der Waals surface area contributed by atoms with Crippen LogP contribution in [0.3, 0.4) is 0 Å². The maximum atomic E-state index is 12.7. The van der Waals surface area contributed by atoms with Gasteiger partial charge in [0.05, 0.1) is 10.5 Å². The first-order chi connectivity index (χ1) is 12.6. The highest BCUT2D eigenvalue weighted by molar-refractivity contribution is 9.10. The van der Waals surface area contributed by atoms with Gasteiger partial charge in [-0.2, -0.15) is 13.2 Å². The predicted octanol–water partition coefficient (Wildman–Crippen LogP) is 3.45. The Kier molecular flexibility index (Phi) is 7.01. The molecule has 27 heavy (non-hydrogen) atoms. The van der Waals surface area contributed by atoms with Crippen LogP contribution in [-0.2, 0) is 27.5 Å². The molecule has 0 bridgehead atoms. The van der Waals surface area contributed by atoms with E-state index in [9.17, 15) is 26.4 Å². The van der Waals surface area contributed by atoms with E-state index in [4.69, 9.17) is 0 Å². The van der Waals surface area contributed by atoms with Crippen LogP contribution in [0.15, 0.2) is 57.9 Å². The fourth-order valence-corrected chi connectivity index (χ4v) is 3.79. The first-order valence-electron chi connectivity index (χ1n) is 7.76. The van der Waals surface area contributed by atoms with Gasteiger partial charge in [0.2, 0.25) is 15.9 Å². The molecule has 0 unspecified atom stereocenters. The summed E-state index contributed by atoms with van der Waals surface area (Å²) >= 11 is 3.18. The van der Waals surface area contributed by atoms with E-state index in [2.05, 4.69) is 26.0 Å². The van der Waals surface area contributed by atoms with Crippen molar-refractivity contribution in [2.45, 2.75) is 24.0 Å². The molecule has 0 saturated carbocycles. The summed E-state index contributed by atoms with van der Waals surface area (Å²) in [6.07, 6.45) is -4.60. The highest BCUT2D eigenvalue weighted by Gasteiger charge is 2.30. The van der Waals surface area contributed by atoms with Crippen molar-refractivity contribution in [3.05, 3.63) is 64.1 Å². The number of halogens is 4. The summed E-state index contributed by atoms with van der Waals surface area (Å²) in [6.45, 7) is -0.218. The zero-order chi connectivity index (χ0) is 20.1. The molecule has 146 valence electrons. The number of alkyl halides is 3. The number of sulfonamides is 1. The maximum Gasteiger partial charge on any atom is 0.416 e. The number of hydrogen-bond donors (Lipinski definition) is 2. The van der Waals surface area contributed by atoms with Crippen LogP contribution in [0.5, 0.6) is 0 Å². The molecule has 2 rings (SSSR count). The van der Waals surface area contributed by atoms with Gasteiger partial charge in [-0.25, -0.2) is 13.1 Å². The highest BCUT2D eigenvalue weighted by Crippen LogP contribution is 2.29. The monoisotopic (exact) mass is 464 g/mol. The SMILES string of the molecule is O=C(CCNS(=O)(=O)c1cccc(Br)c1)NCc1cccc(C(F)(F)F)c1. The molecular formula is C17H16BrF3N2O3S. The number of carbonyl (C=O) groups is 1. The van der Waals surface area contributed by atoms with Gasteiger partial charge in [-0.1, -0.05) is 34.1 Å². The van der Waals surface area contributed by atoms with Crippen molar-refractivity contribution in [2.75, 3.05) is 6.54 Å². The van der Waals surface area contributed by atoms with E-state index in [1.165, 1.54) is 24.3 Å². The second-order valence-corrected chi connectivity index (χ2v) is 8.26. The molecule has 2 aromatic carbocycles. The van der Waals surface area contributed by atoms with Gasteiger partial charge in [0.1, 0.15) is 0 Å². The van der Waals surface area contributed by atoms with Crippen molar-refractivity contribution in [1.82, 2.24) is 10.0 Å². The molecule has 0 saturated heterocycles. The van der Waals surface area contributed by atoms with Gasteiger partial charge in [0.25, 0.3) is 0 Å². The fraction of sp³-hybridized carbons (Fsp3) is 0.235. The molecule has 0 atom stereocenters. The van der Waals surface area contributed by atoms with Crippen LogP contribution in [-0.4, -0.2) is 20.9 Å². The van der Waals surface area contributed by atoms with Crippen LogP contribution < -0.4 is 10.0 Å². The Morgan fingerprint density at radius 1 is 1.07 bits per heavy atom. The van der Waals surface area contributed by atoms with Crippen molar-refractivity contribution in [2.24, 2.45) is 0 Å². The standard InChI is InChI=1S/C17H16BrF3N2O3S/c18-14-5-2-6-15(10-14)27(25,26)23-8-7-16(24)22-11-12-3-1-4-13(9-12)17(19,20)21/h1-6,9-10,23H,7-8,11H2,(H,22,24). The van der Waals surface area contributed by atoms with E-state index in [0.717, 1.165) is 12.1 Å². The molecule has 0 aliphatic heterocycles. The topological polar surface area (TPSA) is 75.3 Å². The van der Waals surface area contributed by atoms with E-state index in [-0.39, 0.29) is 24.4 Å². The lowest BCUT2D eigenvalue weighted by molar-refractivity contribution is -0.137. The van der Waals surface area contributed by atoms with E-state index < -0.39 is 27.7 Å². The Hall–Kier alpha value is -1.91. The Morgan fingerprint density at radius 3 is 2.44 bits per heavy atom. The summed E-state index contributed by atoms with van der Waals surface area (Å²) < 4.78 is 65.1. The molecule has 1 amide bonds. The molecule has 0 heterocycles. The van der Waals surface area contributed by atoms with E-state index in [0.29, 0.717) is 10.0 Å². The summed E-state index contributed by atoms with van der Waals surface area (Å²) in [7, 11) is -3.75. The van der Waals surface area contributed by atoms with Crippen LogP contribution in [0, 0.1) is 0 Å². The van der Waals surface area contributed by atoms with Crippen LogP contribution in [0.25, 0.3) is 0 Å². The minimum absolute atomic E-state index is 0.0567. The Bertz CT molecular complexity index is 918. The molecule has 10 heteroatoms. The van der Waals surface area contributed by atoms with Crippen molar-refractivity contribution < 1.29 is 26.4 Å². The summed E-state index contributed by atoms with van der Waals surface area (Å²) in [6, 6.07) is 10.7. The number of rotatable bonds is 7. The Labute approximate surface area is 163 Å². The quantitative estimate of drug-likeness (QED) is 0.658. The smallest absolute Gasteiger partial charge is 0.352 e. The molecule has 0 aromatic heterocycles. The minimum Gasteiger partial charge on any atom is -0.352 e. The van der Waals surface area contributed by atoms with Crippen LogP contribution in [0.1, 0.15) is 17.5 Å². The predicted molar refractivity (Wildman–Crippen MR) is 97.2 cm³/mol. The lowest BCUT2D eigenvalue weighted by Gasteiger charge is -2.10. The van der Waals surface area contributed by atoms with Crippen molar-refractivity contribution in [3.63, 3.8) is 0 Å².